The smallest absolute Gasteiger partial charge is 0.334 e. The molecule has 0 fully saturated rings. The highest BCUT2D eigenvalue weighted by Gasteiger charge is 2.38. The van der Waals surface area contributed by atoms with Gasteiger partial charge in [-0.25, -0.2) is 4.79 Å². The molecule has 2 N–H and O–H groups in total. The van der Waals surface area contributed by atoms with Crippen LogP contribution in [0.4, 0.5) is 0 Å². The molecule has 0 aromatic rings. The van der Waals surface area contributed by atoms with Gasteiger partial charge in [-0.15, -0.1) is 0 Å². The quantitative estimate of drug-likeness (QED) is 0.0875. The van der Waals surface area contributed by atoms with E-state index in [-0.39, 0.29) is 54.1 Å². The molecule has 1 unspecified atom stereocenters. The van der Waals surface area contributed by atoms with Crippen LogP contribution in [-0.4, -0.2) is 78.3 Å². The Morgan fingerprint density at radius 2 is 1.63 bits per heavy atom. The summed E-state index contributed by atoms with van der Waals surface area (Å²) in [5, 5.41) is 5.49. The number of methoxy groups -OCH3 is 2. The number of ether oxygens (including phenoxy) is 3. The van der Waals surface area contributed by atoms with Crippen molar-refractivity contribution in [1.29, 1.82) is 0 Å². The van der Waals surface area contributed by atoms with Crippen molar-refractivity contribution in [3.63, 3.8) is 0 Å². The van der Waals surface area contributed by atoms with Crippen LogP contribution in [0.5, 0.6) is 0 Å². The lowest BCUT2D eigenvalue weighted by Gasteiger charge is -2.37. The summed E-state index contributed by atoms with van der Waals surface area (Å²) < 4.78 is 23.8. The molecule has 0 radical (unpaired) electrons. The highest BCUT2D eigenvalue weighted by Crippen LogP contribution is 2.36. The number of amides is 2. The Kier molecular flexibility index (Phi) is 23.5. The molecule has 0 aromatic carbocycles. The van der Waals surface area contributed by atoms with E-state index in [1.807, 2.05) is 77.2 Å². The van der Waals surface area contributed by atoms with Crippen molar-refractivity contribution >= 4 is 26.6 Å². The molecule has 10 heteroatoms. The minimum Gasteiger partial charge on any atom is -0.454 e. The first-order valence-corrected chi connectivity index (χ1v) is 23.1. The molecule has 2 amide bonds. The summed E-state index contributed by atoms with van der Waals surface area (Å²) in [4.78, 5) is 37.9. The molecule has 0 aromatic heterocycles. The third kappa shape index (κ3) is 20.4. The molecule has 0 saturated heterocycles. The Morgan fingerprint density at radius 3 is 2.26 bits per heavy atom. The maximum atomic E-state index is 13.5. The lowest BCUT2D eigenvalue weighted by molar-refractivity contribution is -0.144. The van der Waals surface area contributed by atoms with Crippen molar-refractivity contribution in [2.45, 2.75) is 131 Å². The third-order valence-electron chi connectivity index (χ3n) is 10.4. The van der Waals surface area contributed by atoms with Gasteiger partial charge in [0.25, 0.3) is 0 Å². The van der Waals surface area contributed by atoms with E-state index in [0.29, 0.717) is 12.0 Å². The molecule has 1 heterocycles. The van der Waals surface area contributed by atoms with Gasteiger partial charge in [-0.1, -0.05) is 130 Å². The second kappa shape index (κ2) is 26.2. The molecular formula is C47H74N2O7Si. The third-order valence-corrected chi connectivity index (χ3v) is 14.9. The number of nitrogens with one attached hydrogen (secondary N) is 2. The van der Waals surface area contributed by atoms with Gasteiger partial charge in [0.05, 0.1) is 18.8 Å². The van der Waals surface area contributed by atoms with E-state index in [1.165, 1.54) is 5.57 Å². The highest BCUT2D eigenvalue weighted by atomic mass is 28.4. The Bertz CT molecular complexity index is 1570. The summed E-state index contributed by atoms with van der Waals surface area (Å²) in [6.45, 7) is 24.8. The standard InChI is InChI=1S/C47H74N2O7Si/c1-34-19-17-23-41(53-11)22-16-15-21-38(5)44(56-46(52)40(7)29-35(2)25-26-36(3)30-42(54-12)24-18-20-34)39(6)28-27-37(4)31-48-45(51)43(49-33-50)32-55-57(13,14)47(8,9)10/h15-16,18-22,25-30,33,35,38,41-44H,17,23-24,31-32H2,1-14H3,(H,48,51)(H,49,50)/b20-18+,21-15+,22-16+,26-25+,34-19-,36-30+,37-27+,39-28+,40-29+/t35-,38+,41-,42+,43+,44?/m1/s1. The SMILES string of the molecule is CO[C@@H]1/C=C(C)/C=C/[C@@H](C)/C=C(\C)C(=O)OC(/C(C)=C/C=C(\C)CNC(=O)[C@H](CO[Si](C)(C)C(C)(C)C)NC=O)[C@@H](C)/C=C/C=C/[C@@H](OC)CC/C=C(C)\C=C\C1. The minimum atomic E-state index is -2.12. The highest BCUT2D eigenvalue weighted by molar-refractivity contribution is 6.74. The minimum absolute atomic E-state index is 0.00728. The molecule has 57 heavy (non-hydrogen) atoms. The molecule has 1 aliphatic rings. The van der Waals surface area contributed by atoms with Crippen LogP contribution in [0.1, 0.15) is 88.5 Å². The van der Waals surface area contributed by atoms with E-state index in [4.69, 9.17) is 18.6 Å². The molecule has 0 saturated carbocycles. The number of allylic oxidation sites excluding steroid dienone is 11. The van der Waals surface area contributed by atoms with Gasteiger partial charge in [0.15, 0.2) is 8.32 Å². The number of carbonyl (C=O) groups excluding carboxylic acids is 3. The van der Waals surface area contributed by atoms with Crippen LogP contribution in [0.25, 0.3) is 0 Å². The summed E-state index contributed by atoms with van der Waals surface area (Å²) >= 11 is 0. The average molecular weight is 807 g/mol. The fourth-order valence-corrected chi connectivity index (χ4v) is 6.56. The van der Waals surface area contributed by atoms with Gasteiger partial charge in [0, 0.05) is 32.3 Å². The zero-order chi connectivity index (χ0) is 43.2. The van der Waals surface area contributed by atoms with Gasteiger partial charge in [-0.05, 0) is 83.5 Å². The van der Waals surface area contributed by atoms with Gasteiger partial charge in [-0.2, -0.15) is 0 Å². The Morgan fingerprint density at radius 1 is 0.965 bits per heavy atom. The van der Waals surface area contributed by atoms with E-state index < -0.39 is 20.5 Å². The Labute approximate surface area is 346 Å². The van der Waals surface area contributed by atoms with E-state index in [2.05, 4.69) is 87.9 Å². The van der Waals surface area contributed by atoms with Crippen molar-refractivity contribution in [3.8, 4) is 0 Å². The molecule has 0 bridgehead atoms. The van der Waals surface area contributed by atoms with E-state index in [9.17, 15) is 14.4 Å². The van der Waals surface area contributed by atoms with E-state index >= 15 is 0 Å². The molecule has 1 rings (SSSR count). The predicted molar refractivity (Wildman–Crippen MR) is 238 cm³/mol. The summed E-state index contributed by atoms with van der Waals surface area (Å²) in [5.41, 5.74) is 4.53. The lowest BCUT2D eigenvalue weighted by atomic mass is 9.96. The maximum absolute atomic E-state index is 13.5. The monoisotopic (exact) mass is 807 g/mol. The largest absolute Gasteiger partial charge is 0.454 e. The van der Waals surface area contributed by atoms with Gasteiger partial charge in [0.1, 0.15) is 12.1 Å². The predicted octanol–water partition coefficient (Wildman–Crippen LogP) is 9.59. The second-order valence-corrected chi connectivity index (χ2v) is 21.5. The van der Waals surface area contributed by atoms with Crippen LogP contribution < -0.4 is 10.6 Å². The molecule has 0 spiro atoms. The molecule has 1 aliphatic heterocycles. The van der Waals surface area contributed by atoms with Gasteiger partial charge < -0.3 is 29.3 Å². The van der Waals surface area contributed by atoms with Crippen LogP contribution in [-0.2, 0) is 33.0 Å². The fourth-order valence-electron chi connectivity index (χ4n) is 5.55. The second-order valence-electron chi connectivity index (χ2n) is 16.7. The van der Waals surface area contributed by atoms with E-state index in [0.717, 1.165) is 36.0 Å². The molecule has 9 nitrogen and oxygen atoms in total. The Balaban J connectivity index is 3.37. The Hall–Kier alpha value is -3.83. The van der Waals surface area contributed by atoms with Crippen molar-refractivity contribution in [2.75, 3.05) is 27.4 Å². The van der Waals surface area contributed by atoms with Crippen LogP contribution in [0.2, 0.25) is 18.1 Å². The normalized spacial score (nSPS) is 28.7. The number of carbonyl (C=O) groups is 3. The number of cyclic esters (lactones) is 1. The number of rotatable bonds is 12. The molecule has 6 atom stereocenters. The van der Waals surface area contributed by atoms with Crippen LogP contribution in [0.3, 0.4) is 0 Å². The van der Waals surface area contributed by atoms with Crippen LogP contribution >= 0.6 is 0 Å². The van der Waals surface area contributed by atoms with Crippen LogP contribution in [0.15, 0.2) is 107 Å². The molecular weight excluding hydrogens is 733 g/mol. The number of esters is 1. The van der Waals surface area contributed by atoms with Crippen molar-refractivity contribution in [1.82, 2.24) is 10.6 Å². The van der Waals surface area contributed by atoms with Crippen molar-refractivity contribution < 1.29 is 33.0 Å². The first kappa shape index (κ1) is 51.2. The van der Waals surface area contributed by atoms with Gasteiger partial charge in [0.2, 0.25) is 12.3 Å². The molecule has 0 aliphatic carbocycles. The van der Waals surface area contributed by atoms with Crippen LogP contribution in [0, 0.1) is 11.8 Å². The summed E-state index contributed by atoms with van der Waals surface area (Å²) in [6.07, 6.45) is 28.9. The summed E-state index contributed by atoms with van der Waals surface area (Å²) in [5.74, 6) is -0.874. The number of hydrogen-bond donors (Lipinski definition) is 2. The van der Waals surface area contributed by atoms with Gasteiger partial charge >= 0.3 is 5.97 Å². The first-order valence-electron chi connectivity index (χ1n) is 20.2. The zero-order valence-corrected chi connectivity index (χ0v) is 38.4. The zero-order valence-electron chi connectivity index (χ0n) is 37.4. The summed E-state index contributed by atoms with van der Waals surface area (Å²) in [6, 6.07) is -0.803. The maximum Gasteiger partial charge on any atom is 0.334 e. The topological polar surface area (TPSA) is 112 Å². The summed E-state index contributed by atoms with van der Waals surface area (Å²) in [7, 11) is 1.32. The average Bonchev–Trinajstić information content (AvgIpc) is 3.15. The fraction of sp³-hybridized carbons (Fsp3) is 0.553. The van der Waals surface area contributed by atoms with Crippen molar-refractivity contribution in [2.24, 2.45) is 11.8 Å². The van der Waals surface area contributed by atoms with Gasteiger partial charge in [-0.3, -0.25) is 9.59 Å². The van der Waals surface area contributed by atoms with Crippen molar-refractivity contribution in [3.05, 3.63) is 107 Å². The lowest BCUT2D eigenvalue weighted by Crippen LogP contribution is -2.50. The number of hydrogen-bond acceptors (Lipinski definition) is 7. The first-order chi connectivity index (χ1) is 26.7. The van der Waals surface area contributed by atoms with E-state index in [1.54, 1.807) is 21.1 Å². The molecule has 318 valence electrons.